The summed E-state index contributed by atoms with van der Waals surface area (Å²) in [5.74, 6) is 0. The Morgan fingerprint density at radius 1 is 1.50 bits per heavy atom. The van der Waals surface area contributed by atoms with Gasteiger partial charge in [0.2, 0.25) is 0 Å². The molecule has 0 fully saturated rings. The van der Waals surface area contributed by atoms with E-state index < -0.39 is 0 Å². The Kier molecular flexibility index (Phi) is 4.83. The van der Waals surface area contributed by atoms with Gasteiger partial charge in [-0.15, -0.1) is 0 Å². The van der Waals surface area contributed by atoms with E-state index in [1.807, 2.05) is 13.0 Å². The van der Waals surface area contributed by atoms with E-state index in [1.165, 1.54) is 0 Å². The number of hydrogen-bond donors (Lipinski definition) is 0. The lowest BCUT2D eigenvalue weighted by molar-refractivity contribution is -0.00621. The predicted octanol–water partition coefficient (Wildman–Crippen LogP) is 1.48. The molecule has 0 spiro atoms. The van der Waals surface area contributed by atoms with Gasteiger partial charge in [0.15, 0.2) is 0 Å². The molecule has 0 bridgehead atoms. The fraction of sp³-hybridized carbons (Fsp3) is 0.600. The number of allylic oxidation sites excluding steroid dienone is 2. The third-order valence-corrected chi connectivity index (χ3v) is 1.99. The van der Waals surface area contributed by atoms with E-state index >= 15 is 0 Å². The molecular formula is C10H15N3O. The summed E-state index contributed by atoms with van der Waals surface area (Å²) < 4.78 is 5.17. The normalized spacial score (nSPS) is 18.6. The molecule has 76 valence electrons. The second kappa shape index (κ2) is 6.24. The molecule has 0 radical (unpaired) electrons. The molecule has 0 aromatic rings. The highest BCUT2D eigenvalue weighted by atomic mass is 16.5. The summed E-state index contributed by atoms with van der Waals surface area (Å²) in [6.07, 6.45) is 5.30. The zero-order valence-corrected chi connectivity index (χ0v) is 8.44. The fourth-order valence-corrected chi connectivity index (χ4v) is 1.23. The number of ether oxygens (including phenoxy) is 1. The summed E-state index contributed by atoms with van der Waals surface area (Å²) in [6, 6.07) is 0. The van der Waals surface area contributed by atoms with Crippen LogP contribution in [0.25, 0.3) is 5.53 Å². The van der Waals surface area contributed by atoms with Gasteiger partial charge in [-0.25, -0.2) is 0 Å². The van der Waals surface area contributed by atoms with Crippen molar-refractivity contribution in [2.24, 2.45) is 4.99 Å². The van der Waals surface area contributed by atoms with Crippen molar-refractivity contribution in [1.82, 2.24) is 0 Å². The second-order valence-electron chi connectivity index (χ2n) is 2.99. The zero-order valence-electron chi connectivity index (χ0n) is 8.44. The molecule has 1 aliphatic carbocycles. The van der Waals surface area contributed by atoms with Crippen molar-refractivity contribution in [3.05, 3.63) is 17.7 Å². The Balaban J connectivity index is 2.36. The molecule has 0 aromatic heterocycles. The summed E-state index contributed by atoms with van der Waals surface area (Å²) in [5.41, 5.74) is 10.3. The van der Waals surface area contributed by atoms with Gasteiger partial charge in [0.1, 0.15) is 0 Å². The van der Waals surface area contributed by atoms with Gasteiger partial charge in [0.25, 0.3) is 5.71 Å². The third-order valence-electron chi connectivity index (χ3n) is 1.99. The number of hydrogen-bond acceptors (Lipinski definition) is 2. The van der Waals surface area contributed by atoms with Crippen molar-refractivity contribution in [2.75, 3.05) is 19.8 Å². The van der Waals surface area contributed by atoms with Crippen LogP contribution in [0.5, 0.6) is 0 Å². The molecule has 14 heavy (non-hydrogen) atoms. The van der Waals surface area contributed by atoms with Crippen LogP contribution < -0.4 is 0 Å². The Morgan fingerprint density at radius 3 is 2.93 bits per heavy atom. The molecule has 4 heteroatoms. The monoisotopic (exact) mass is 193 g/mol. The van der Waals surface area contributed by atoms with Crippen LogP contribution >= 0.6 is 0 Å². The summed E-state index contributed by atoms with van der Waals surface area (Å²) >= 11 is 0. The van der Waals surface area contributed by atoms with E-state index in [0.29, 0.717) is 18.9 Å². The van der Waals surface area contributed by atoms with Crippen LogP contribution in [0.3, 0.4) is 0 Å². The van der Waals surface area contributed by atoms with E-state index in [9.17, 15) is 0 Å². The SMILES string of the molecule is CCOCCN=C1C=CC(=[N+]=[N-])CC1. The van der Waals surface area contributed by atoms with Crippen LogP contribution in [-0.4, -0.2) is 36.0 Å². The number of rotatable bonds is 4. The Hall–Kier alpha value is -1.25. The standard InChI is InChI=1S/C10H15N3O/c1-2-14-8-7-12-9-3-5-10(13-11)6-4-9/h3,5H,2,4,6-8H2,1H3. The molecule has 4 nitrogen and oxygen atoms in total. The lowest BCUT2D eigenvalue weighted by Gasteiger charge is -2.03. The van der Waals surface area contributed by atoms with Gasteiger partial charge in [-0.1, -0.05) is 0 Å². The first-order valence-corrected chi connectivity index (χ1v) is 4.87. The minimum atomic E-state index is 0.675. The van der Waals surface area contributed by atoms with Crippen molar-refractivity contribution in [1.29, 1.82) is 0 Å². The van der Waals surface area contributed by atoms with Crippen LogP contribution in [0.15, 0.2) is 17.1 Å². The summed E-state index contributed by atoms with van der Waals surface area (Å²) in [4.78, 5) is 7.50. The summed E-state index contributed by atoms with van der Waals surface area (Å²) in [5, 5.41) is 0. The van der Waals surface area contributed by atoms with E-state index in [2.05, 4.69) is 9.78 Å². The molecule has 0 aliphatic heterocycles. The van der Waals surface area contributed by atoms with Crippen molar-refractivity contribution < 1.29 is 9.53 Å². The maximum Gasteiger partial charge on any atom is 0.292 e. The molecule has 0 saturated heterocycles. The lowest BCUT2D eigenvalue weighted by atomic mass is 10.0. The third kappa shape index (κ3) is 3.64. The van der Waals surface area contributed by atoms with Gasteiger partial charge in [-0.3, -0.25) is 4.99 Å². The van der Waals surface area contributed by atoms with Crippen LogP contribution in [0.2, 0.25) is 0 Å². The van der Waals surface area contributed by atoms with Gasteiger partial charge in [0, 0.05) is 24.8 Å². The zero-order chi connectivity index (χ0) is 10.2. The molecule has 1 rings (SSSR count). The van der Waals surface area contributed by atoms with Gasteiger partial charge < -0.3 is 10.3 Å². The van der Waals surface area contributed by atoms with E-state index in [0.717, 1.165) is 25.2 Å². The predicted molar refractivity (Wildman–Crippen MR) is 55.8 cm³/mol. The van der Waals surface area contributed by atoms with Crippen molar-refractivity contribution in [3.8, 4) is 0 Å². The maximum absolute atomic E-state index is 8.50. The summed E-state index contributed by atoms with van der Waals surface area (Å²) in [6.45, 7) is 4.09. The van der Waals surface area contributed by atoms with Crippen LogP contribution in [0.4, 0.5) is 0 Å². The molecule has 0 atom stereocenters. The Morgan fingerprint density at radius 2 is 2.36 bits per heavy atom. The minimum absolute atomic E-state index is 0.675. The highest BCUT2D eigenvalue weighted by Gasteiger charge is 2.10. The van der Waals surface area contributed by atoms with E-state index in [4.69, 9.17) is 10.3 Å². The highest BCUT2D eigenvalue weighted by Crippen LogP contribution is 2.04. The topological polar surface area (TPSA) is 58.0 Å². The van der Waals surface area contributed by atoms with Crippen molar-refractivity contribution in [3.63, 3.8) is 0 Å². The smallest absolute Gasteiger partial charge is 0.292 e. The van der Waals surface area contributed by atoms with Crippen molar-refractivity contribution >= 4 is 11.4 Å². The Labute approximate surface area is 83.9 Å². The van der Waals surface area contributed by atoms with Crippen LogP contribution in [-0.2, 0) is 4.74 Å². The molecule has 0 unspecified atom stereocenters. The molecule has 0 saturated carbocycles. The Bertz CT molecular complexity index is 288. The first kappa shape index (κ1) is 10.8. The van der Waals surface area contributed by atoms with Gasteiger partial charge in [-0.2, -0.15) is 4.79 Å². The van der Waals surface area contributed by atoms with Crippen molar-refractivity contribution in [2.45, 2.75) is 19.8 Å². The van der Waals surface area contributed by atoms with Gasteiger partial charge >= 0.3 is 0 Å². The first-order chi connectivity index (χ1) is 6.86. The number of nitrogens with zero attached hydrogens (tertiary/aromatic N) is 3. The quantitative estimate of drug-likeness (QED) is 0.379. The largest absolute Gasteiger partial charge is 0.380 e. The lowest BCUT2D eigenvalue weighted by Crippen LogP contribution is -2.09. The van der Waals surface area contributed by atoms with E-state index in [1.54, 1.807) is 6.08 Å². The minimum Gasteiger partial charge on any atom is -0.380 e. The summed E-state index contributed by atoms with van der Waals surface area (Å²) in [7, 11) is 0. The highest BCUT2D eigenvalue weighted by molar-refractivity contribution is 6.07. The average molecular weight is 193 g/mol. The molecular weight excluding hydrogens is 178 g/mol. The fourth-order valence-electron chi connectivity index (χ4n) is 1.23. The average Bonchev–Trinajstić information content (AvgIpc) is 2.25. The second-order valence-corrected chi connectivity index (χ2v) is 2.99. The molecule has 0 aromatic carbocycles. The number of aliphatic imine (C=N–C) groups is 1. The molecule has 1 aliphatic rings. The maximum atomic E-state index is 8.50. The molecule has 0 amide bonds. The molecule has 0 N–H and O–H groups in total. The van der Waals surface area contributed by atoms with Gasteiger partial charge in [0.05, 0.1) is 19.6 Å². The van der Waals surface area contributed by atoms with E-state index in [-0.39, 0.29) is 0 Å². The molecule has 0 heterocycles. The van der Waals surface area contributed by atoms with Gasteiger partial charge in [-0.05, 0) is 13.0 Å². The van der Waals surface area contributed by atoms with Crippen LogP contribution in [0, 0.1) is 0 Å². The first-order valence-electron chi connectivity index (χ1n) is 4.87. The van der Waals surface area contributed by atoms with Crippen LogP contribution in [0.1, 0.15) is 19.8 Å².